The van der Waals surface area contributed by atoms with Crippen molar-refractivity contribution in [1.29, 1.82) is 0 Å². The van der Waals surface area contributed by atoms with Crippen LogP contribution in [0, 0.1) is 12.8 Å². The molecule has 262 valence electrons. The number of hydrogen-bond acceptors (Lipinski definition) is 9. The van der Waals surface area contributed by atoms with Gasteiger partial charge in [-0.3, -0.25) is 9.59 Å². The number of para-hydroxylation sites is 2. The summed E-state index contributed by atoms with van der Waals surface area (Å²) in [7, 11) is 0. The standard InChI is InChI=1S/C34H45F2N5O7/c1-6-46-30(44)34-18-21(34)17-33(35,36)15-11-7-8-14-25(39-31(45)48-32(3,4)5)29(43)41-19-22(16-26(41)27(42)40-34)47-28-20(2)37-23-12-9-10-13-24(23)38-28/h9-10,12-13,21-22,25-26H,6-8,11,14-19H2,1-5H3,(H,39,45)(H,40,42)/t21-,22-,25+,26+,34-/m1/s1. The summed E-state index contributed by atoms with van der Waals surface area (Å²) in [6.45, 7) is 8.39. The van der Waals surface area contributed by atoms with Crippen LogP contribution in [-0.4, -0.2) is 87.1 Å². The van der Waals surface area contributed by atoms with Gasteiger partial charge in [0.25, 0.3) is 0 Å². The van der Waals surface area contributed by atoms with Gasteiger partial charge in [0, 0.05) is 25.2 Å². The molecule has 48 heavy (non-hydrogen) atoms. The van der Waals surface area contributed by atoms with Crippen molar-refractivity contribution in [2.45, 2.75) is 121 Å². The molecule has 14 heteroatoms. The molecule has 2 aliphatic heterocycles. The number of rotatable bonds is 5. The van der Waals surface area contributed by atoms with Crippen molar-refractivity contribution in [3.63, 3.8) is 0 Å². The lowest BCUT2D eigenvalue weighted by molar-refractivity contribution is -0.150. The average Bonchev–Trinajstić information content (AvgIpc) is 3.49. The van der Waals surface area contributed by atoms with Crippen LogP contribution in [0.5, 0.6) is 5.88 Å². The lowest BCUT2D eigenvalue weighted by atomic mass is 10.0. The van der Waals surface area contributed by atoms with E-state index in [0.717, 1.165) is 0 Å². The van der Waals surface area contributed by atoms with Gasteiger partial charge >= 0.3 is 12.1 Å². The van der Waals surface area contributed by atoms with Crippen molar-refractivity contribution in [3.8, 4) is 5.88 Å². The van der Waals surface area contributed by atoms with Crippen LogP contribution in [0.4, 0.5) is 13.6 Å². The zero-order chi connectivity index (χ0) is 34.9. The third-order valence-corrected chi connectivity index (χ3v) is 8.99. The summed E-state index contributed by atoms with van der Waals surface area (Å²) in [5, 5.41) is 5.37. The molecule has 0 radical (unpaired) electrons. The molecular weight excluding hydrogens is 628 g/mol. The maximum atomic E-state index is 15.1. The minimum atomic E-state index is -3.06. The number of esters is 1. The number of hydrogen-bond donors (Lipinski definition) is 2. The number of nitrogens with one attached hydrogen (secondary N) is 2. The van der Waals surface area contributed by atoms with E-state index < -0.39 is 77.9 Å². The normalized spacial score (nSPS) is 27.9. The predicted octanol–water partition coefficient (Wildman–Crippen LogP) is 4.61. The van der Waals surface area contributed by atoms with Gasteiger partial charge in [-0.15, -0.1) is 0 Å². The van der Waals surface area contributed by atoms with Gasteiger partial charge in [0.15, 0.2) is 0 Å². The number of alkyl carbamates (subject to hydrolysis) is 1. The zero-order valence-corrected chi connectivity index (χ0v) is 28.1. The van der Waals surface area contributed by atoms with Gasteiger partial charge in [0.2, 0.25) is 23.6 Å². The highest BCUT2D eigenvalue weighted by Gasteiger charge is 2.65. The average molecular weight is 674 g/mol. The predicted molar refractivity (Wildman–Crippen MR) is 170 cm³/mol. The highest BCUT2D eigenvalue weighted by atomic mass is 19.3. The maximum Gasteiger partial charge on any atom is 0.408 e. The van der Waals surface area contributed by atoms with Crippen LogP contribution >= 0.6 is 0 Å². The quantitative estimate of drug-likeness (QED) is 0.434. The number of ether oxygens (including phenoxy) is 3. The first-order chi connectivity index (χ1) is 22.6. The molecular formula is C34H45F2N5O7. The number of nitrogens with zero attached hydrogens (tertiary/aromatic N) is 3. The summed E-state index contributed by atoms with van der Waals surface area (Å²) in [5.41, 5.74) is -0.662. The van der Waals surface area contributed by atoms with Crippen molar-refractivity contribution in [3.05, 3.63) is 30.0 Å². The van der Waals surface area contributed by atoms with E-state index >= 15 is 8.78 Å². The summed E-state index contributed by atoms with van der Waals surface area (Å²) < 4.78 is 47.1. The summed E-state index contributed by atoms with van der Waals surface area (Å²) >= 11 is 0. The number of aryl methyl sites for hydroxylation is 1. The van der Waals surface area contributed by atoms with Crippen LogP contribution < -0.4 is 15.4 Å². The lowest BCUT2D eigenvalue weighted by Crippen LogP contribution is -2.57. The number of fused-ring (bicyclic) bond motifs is 3. The van der Waals surface area contributed by atoms with E-state index in [9.17, 15) is 19.2 Å². The molecule has 1 aromatic carbocycles. The van der Waals surface area contributed by atoms with Gasteiger partial charge in [0.05, 0.1) is 24.2 Å². The van der Waals surface area contributed by atoms with Crippen molar-refractivity contribution >= 4 is 34.9 Å². The Labute approximate surface area is 278 Å². The largest absolute Gasteiger partial charge is 0.471 e. The molecule has 0 spiro atoms. The molecule has 3 heterocycles. The van der Waals surface area contributed by atoms with Crippen LogP contribution in [0.3, 0.4) is 0 Å². The number of carbonyl (C=O) groups is 4. The number of benzene rings is 1. The van der Waals surface area contributed by atoms with Gasteiger partial charge in [-0.25, -0.2) is 28.3 Å². The maximum absolute atomic E-state index is 15.1. The van der Waals surface area contributed by atoms with Gasteiger partial charge in [-0.05, 0) is 66.0 Å². The van der Waals surface area contributed by atoms with E-state index in [2.05, 4.69) is 20.6 Å². The topological polar surface area (TPSA) is 149 Å². The molecule has 2 aromatic rings. The van der Waals surface area contributed by atoms with Crippen LogP contribution in [0.15, 0.2) is 24.3 Å². The second kappa shape index (κ2) is 13.8. The molecule has 5 atom stereocenters. The lowest BCUT2D eigenvalue weighted by Gasteiger charge is -2.30. The first kappa shape index (κ1) is 35.2. The van der Waals surface area contributed by atoms with Crippen molar-refractivity contribution in [2.24, 2.45) is 5.92 Å². The summed E-state index contributed by atoms with van der Waals surface area (Å²) in [6.07, 6.45) is -1.41. The Morgan fingerprint density at radius 1 is 1.08 bits per heavy atom. The molecule has 1 aliphatic carbocycles. The van der Waals surface area contributed by atoms with Crippen LogP contribution in [0.2, 0.25) is 0 Å². The summed E-state index contributed by atoms with van der Waals surface area (Å²) in [4.78, 5) is 64.8. The molecule has 2 N–H and O–H groups in total. The Hall–Kier alpha value is -4.10. The number of aromatic nitrogens is 2. The fourth-order valence-corrected chi connectivity index (χ4v) is 6.59. The summed E-state index contributed by atoms with van der Waals surface area (Å²) in [6, 6.07) is 5.05. The minimum absolute atomic E-state index is 0.00244. The molecule has 0 unspecified atom stereocenters. The summed E-state index contributed by atoms with van der Waals surface area (Å²) in [5.74, 6) is -5.67. The third kappa shape index (κ3) is 8.12. The number of halogens is 2. The molecule has 12 nitrogen and oxygen atoms in total. The van der Waals surface area contributed by atoms with Gasteiger partial charge < -0.3 is 29.7 Å². The minimum Gasteiger partial charge on any atom is -0.471 e. The van der Waals surface area contributed by atoms with E-state index in [4.69, 9.17) is 14.2 Å². The van der Waals surface area contributed by atoms with Gasteiger partial charge in [0.1, 0.15) is 35.0 Å². The number of alkyl halides is 2. The number of amides is 3. The molecule has 1 aromatic heterocycles. The molecule has 5 rings (SSSR count). The van der Waals surface area contributed by atoms with Gasteiger partial charge in [-0.2, -0.15) is 0 Å². The smallest absolute Gasteiger partial charge is 0.408 e. The molecule has 3 aliphatic rings. The molecule has 2 saturated heterocycles. The fraction of sp³-hybridized carbons (Fsp3) is 0.647. The number of carbonyl (C=O) groups excluding carboxylic acids is 4. The van der Waals surface area contributed by atoms with E-state index in [1.807, 2.05) is 18.2 Å². The Balaban J connectivity index is 1.46. The molecule has 1 saturated carbocycles. The molecule has 0 bridgehead atoms. The third-order valence-electron chi connectivity index (χ3n) is 8.99. The first-order valence-electron chi connectivity index (χ1n) is 16.7. The monoisotopic (exact) mass is 673 g/mol. The van der Waals surface area contributed by atoms with Crippen molar-refractivity contribution in [1.82, 2.24) is 25.5 Å². The second-order valence-corrected chi connectivity index (χ2v) is 14.0. The van der Waals surface area contributed by atoms with Crippen LogP contribution in [-0.2, 0) is 23.9 Å². The Kier molecular flexibility index (Phi) is 10.1. The Morgan fingerprint density at radius 2 is 1.79 bits per heavy atom. The van der Waals surface area contributed by atoms with Crippen LogP contribution in [0.25, 0.3) is 11.0 Å². The highest BCUT2D eigenvalue weighted by molar-refractivity contribution is 5.96. The zero-order valence-electron chi connectivity index (χ0n) is 28.1. The van der Waals surface area contributed by atoms with E-state index in [1.165, 1.54) is 4.90 Å². The second-order valence-electron chi connectivity index (χ2n) is 14.0. The van der Waals surface area contributed by atoms with E-state index in [-0.39, 0.29) is 44.7 Å². The van der Waals surface area contributed by atoms with E-state index in [0.29, 0.717) is 29.6 Å². The van der Waals surface area contributed by atoms with Gasteiger partial charge in [-0.1, -0.05) is 25.0 Å². The molecule has 3 amide bonds. The first-order valence-corrected chi connectivity index (χ1v) is 16.7. The SMILES string of the molecule is CCOC(=O)[C@@]12C[C@H]1CC(F)(F)CCCCC[C@H](NC(=O)OC(C)(C)C)C(=O)N1C[C@H](Oc3nc4ccccc4nc3C)C[C@H]1C(=O)N2. The Morgan fingerprint density at radius 3 is 2.48 bits per heavy atom. The molecule has 3 fully saturated rings. The highest BCUT2D eigenvalue weighted by Crippen LogP contribution is 2.51. The van der Waals surface area contributed by atoms with Crippen LogP contribution in [0.1, 0.15) is 84.8 Å². The van der Waals surface area contributed by atoms with Crippen molar-refractivity contribution in [2.75, 3.05) is 13.2 Å². The van der Waals surface area contributed by atoms with E-state index in [1.54, 1.807) is 40.7 Å². The van der Waals surface area contributed by atoms with Crippen molar-refractivity contribution < 1.29 is 42.2 Å². The Bertz CT molecular complexity index is 1550. The fourth-order valence-electron chi connectivity index (χ4n) is 6.59.